The number of allylic oxidation sites excluding steroid dienone is 1. The molecule has 1 saturated heterocycles. The van der Waals surface area contributed by atoms with Crippen LogP contribution in [0, 0.1) is 39.9 Å². The van der Waals surface area contributed by atoms with Crippen LogP contribution in [0.25, 0.3) is 0 Å². The van der Waals surface area contributed by atoms with Gasteiger partial charge in [0.15, 0.2) is 0 Å². The number of rotatable bonds is 24. The second-order valence-corrected chi connectivity index (χ2v) is 22.5. The van der Waals surface area contributed by atoms with Gasteiger partial charge >= 0.3 is 22.3 Å². The first-order valence-corrected chi connectivity index (χ1v) is 25.3. The third-order valence-electron chi connectivity index (χ3n) is 16.6. The zero-order valence-electron chi connectivity index (χ0n) is 38.8. The first-order valence-electron chi connectivity index (χ1n) is 23.9. The van der Waals surface area contributed by atoms with Crippen molar-refractivity contribution < 1.29 is 56.3 Å². The molecule has 0 radical (unpaired) electrons. The van der Waals surface area contributed by atoms with Crippen molar-refractivity contribution >= 4 is 22.3 Å². The number of unbranched alkanes of at least 4 members (excludes halogenated alkanes) is 12. The highest BCUT2D eigenvalue weighted by Crippen LogP contribution is 2.69. The Labute approximate surface area is 367 Å². The molecule has 1 aliphatic heterocycles. The van der Waals surface area contributed by atoms with Gasteiger partial charge in [0, 0.05) is 25.4 Å². The molecule has 3 unspecified atom stereocenters. The molecule has 0 bridgehead atoms. The number of esters is 2. The number of ether oxygens (including phenoxy) is 3. The van der Waals surface area contributed by atoms with Gasteiger partial charge in [0.1, 0.15) is 30.0 Å². The Morgan fingerprint density at radius 3 is 1.93 bits per heavy atom. The summed E-state index contributed by atoms with van der Waals surface area (Å²) in [6.07, 6.45) is 15.1. The Balaban J connectivity index is 1.29. The minimum atomic E-state index is -4.91. The summed E-state index contributed by atoms with van der Waals surface area (Å²) in [4.78, 5) is 26.5. The van der Waals surface area contributed by atoms with Crippen molar-refractivity contribution in [3.05, 3.63) is 11.1 Å². The predicted molar refractivity (Wildman–Crippen MR) is 234 cm³/mol. The highest BCUT2D eigenvalue weighted by Gasteiger charge is 2.68. The number of aliphatic hydroxyl groups is 3. The third kappa shape index (κ3) is 11.3. The molecule has 0 spiro atoms. The van der Waals surface area contributed by atoms with E-state index in [1.165, 1.54) is 57.4 Å². The summed E-state index contributed by atoms with van der Waals surface area (Å²) in [5.74, 6) is -0.776. The lowest BCUT2D eigenvalue weighted by Crippen LogP contribution is -2.64. The number of hydrogen-bond donors (Lipinski definition) is 4. The molecule has 0 aromatic carbocycles. The predicted octanol–water partition coefficient (Wildman–Crippen LogP) is 8.98. The zero-order valence-corrected chi connectivity index (χ0v) is 39.7. The quantitative estimate of drug-likeness (QED) is 0.0237. The molecular formula is C48H82O12S. The Hall–Kier alpha value is -1.61. The van der Waals surface area contributed by atoms with Crippen LogP contribution in [0.5, 0.6) is 0 Å². The lowest BCUT2D eigenvalue weighted by Gasteiger charge is -2.63. The maximum Gasteiger partial charge on any atom is 0.397 e. The SMILES string of the molecule is CC(=O)O[C@H]1[C@H](O)C2=C(CC[C@H]3C(C)(C)[C@@H](OS(=O)(=O)O)[C@H](OC(=O)CCCCCCCCCCCCCCCO)C[C@]23C)C2CC[C@H](C(C)CCC3(C(C)(C)O)CO3)[C@]21C. The maximum absolute atomic E-state index is 13.6. The van der Waals surface area contributed by atoms with Crippen LogP contribution >= 0.6 is 0 Å². The van der Waals surface area contributed by atoms with Gasteiger partial charge in [-0.3, -0.25) is 14.1 Å². The number of hydrogen-bond acceptors (Lipinski definition) is 11. The minimum Gasteiger partial charge on any atom is -0.459 e. The van der Waals surface area contributed by atoms with E-state index in [1.807, 2.05) is 13.8 Å². The van der Waals surface area contributed by atoms with E-state index in [0.717, 1.165) is 56.9 Å². The van der Waals surface area contributed by atoms with E-state index in [9.17, 15) is 32.8 Å². The molecule has 3 fully saturated rings. The molecule has 5 aliphatic rings. The first-order chi connectivity index (χ1) is 28.5. The normalized spacial score (nSPS) is 34.9. The van der Waals surface area contributed by atoms with Gasteiger partial charge in [-0.15, -0.1) is 0 Å². The molecule has 0 aromatic heterocycles. The average Bonchev–Trinajstić information content (AvgIpc) is 3.88. The Morgan fingerprint density at radius 1 is 0.869 bits per heavy atom. The zero-order chi connectivity index (χ0) is 45.0. The number of carbonyl (C=O) groups is 2. The van der Waals surface area contributed by atoms with Crippen LogP contribution in [0.4, 0.5) is 0 Å². The topological polar surface area (TPSA) is 189 Å². The molecule has 61 heavy (non-hydrogen) atoms. The van der Waals surface area contributed by atoms with Crippen LogP contribution in [0.1, 0.15) is 190 Å². The highest BCUT2D eigenvalue weighted by molar-refractivity contribution is 7.80. The number of epoxide rings is 1. The molecule has 4 aliphatic carbocycles. The second-order valence-electron chi connectivity index (χ2n) is 21.5. The summed E-state index contributed by atoms with van der Waals surface area (Å²) in [6.45, 7) is 16.1. The summed E-state index contributed by atoms with van der Waals surface area (Å²) >= 11 is 0. The third-order valence-corrected chi connectivity index (χ3v) is 17.0. The van der Waals surface area contributed by atoms with Crippen molar-refractivity contribution in [2.24, 2.45) is 39.9 Å². The van der Waals surface area contributed by atoms with Crippen molar-refractivity contribution in [2.45, 2.75) is 226 Å². The Kier molecular flexibility index (Phi) is 16.7. The number of carbonyl (C=O) groups excluding carboxylic acids is 2. The van der Waals surface area contributed by atoms with Gasteiger partial charge in [-0.2, -0.15) is 8.42 Å². The average molecular weight is 883 g/mol. The van der Waals surface area contributed by atoms with E-state index in [-0.39, 0.29) is 43.1 Å². The fourth-order valence-corrected chi connectivity index (χ4v) is 14.0. The van der Waals surface area contributed by atoms with E-state index in [4.69, 9.17) is 23.5 Å². The van der Waals surface area contributed by atoms with Crippen LogP contribution in [0.15, 0.2) is 11.1 Å². The van der Waals surface area contributed by atoms with Crippen LogP contribution < -0.4 is 0 Å². The van der Waals surface area contributed by atoms with Crippen molar-refractivity contribution in [2.75, 3.05) is 13.2 Å². The van der Waals surface area contributed by atoms with Crippen LogP contribution in [0.3, 0.4) is 0 Å². The monoisotopic (exact) mass is 883 g/mol. The van der Waals surface area contributed by atoms with Gasteiger partial charge in [-0.25, -0.2) is 4.18 Å². The largest absolute Gasteiger partial charge is 0.459 e. The molecule has 352 valence electrons. The minimum absolute atomic E-state index is 0.0321. The van der Waals surface area contributed by atoms with E-state index in [2.05, 4.69) is 20.8 Å². The Bertz CT molecular complexity index is 1630. The fourth-order valence-electron chi connectivity index (χ4n) is 13.3. The number of fused-ring (bicyclic) bond motifs is 4. The van der Waals surface area contributed by atoms with E-state index < -0.39 is 74.2 Å². The van der Waals surface area contributed by atoms with E-state index in [1.54, 1.807) is 13.8 Å². The Morgan fingerprint density at radius 2 is 1.43 bits per heavy atom. The van der Waals surface area contributed by atoms with Gasteiger partial charge in [0.25, 0.3) is 0 Å². The first kappa shape index (κ1) is 50.4. The lowest BCUT2D eigenvalue weighted by atomic mass is 9.44. The molecule has 2 saturated carbocycles. The summed E-state index contributed by atoms with van der Waals surface area (Å²) < 4.78 is 58.4. The molecular weight excluding hydrogens is 801 g/mol. The van der Waals surface area contributed by atoms with Crippen molar-refractivity contribution in [3.63, 3.8) is 0 Å². The van der Waals surface area contributed by atoms with Crippen LogP contribution in [-0.2, 0) is 38.4 Å². The van der Waals surface area contributed by atoms with E-state index in [0.29, 0.717) is 32.3 Å². The summed E-state index contributed by atoms with van der Waals surface area (Å²) in [5.41, 5.74) is -1.78. The fraction of sp³-hybridized carbons (Fsp3) is 0.917. The van der Waals surface area contributed by atoms with Gasteiger partial charge in [0.05, 0.1) is 12.2 Å². The van der Waals surface area contributed by atoms with Crippen molar-refractivity contribution in [3.8, 4) is 0 Å². The van der Waals surface area contributed by atoms with Crippen molar-refractivity contribution in [1.82, 2.24) is 0 Å². The smallest absolute Gasteiger partial charge is 0.397 e. The summed E-state index contributed by atoms with van der Waals surface area (Å²) in [7, 11) is -4.91. The van der Waals surface area contributed by atoms with Gasteiger partial charge in [-0.05, 0) is 112 Å². The molecule has 0 aromatic rings. The maximum atomic E-state index is 13.6. The molecule has 4 N–H and O–H groups in total. The molecule has 0 amide bonds. The summed E-state index contributed by atoms with van der Waals surface area (Å²) in [5, 5.41) is 32.5. The highest BCUT2D eigenvalue weighted by atomic mass is 32.3. The van der Waals surface area contributed by atoms with Crippen LogP contribution in [-0.4, -0.2) is 89.1 Å². The number of aliphatic hydroxyl groups excluding tert-OH is 2. The molecule has 12 nitrogen and oxygen atoms in total. The van der Waals surface area contributed by atoms with Crippen molar-refractivity contribution in [1.29, 1.82) is 0 Å². The molecule has 1 heterocycles. The molecule has 11 atom stereocenters. The van der Waals surface area contributed by atoms with E-state index >= 15 is 0 Å². The van der Waals surface area contributed by atoms with Crippen LogP contribution in [0.2, 0.25) is 0 Å². The second kappa shape index (κ2) is 20.3. The van der Waals surface area contributed by atoms with Gasteiger partial charge in [-0.1, -0.05) is 111 Å². The molecule has 5 rings (SSSR count). The summed E-state index contributed by atoms with van der Waals surface area (Å²) in [6, 6.07) is 0. The van der Waals surface area contributed by atoms with Gasteiger partial charge in [0.2, 0.25) is 0 Å². The lowest BCUT2D eigenvalue weighted by molar-refractivity contribution is -0.193. The molecule has 13 heteroatoms. The standard InChI is InChI=1S/C48H82O12S/c1-32(27-28-48(31-57-48)45(5,6)53)35-24-25-36-34-23-26-38-44(3,4)42(60-61(54,55)56)37(30-46(38,7)40(34)41(52)43(47(35,36)8)58-33(2)50)59-39(51)22-20-18-16-14-12-10-9-11-13-15-17-19-21-29-49/h32,35-38,41-43,49,52-53H,9-31H2,1-8H3,(H,54,55,56)/t32?,35-,36?,37-,38+,41-,42+,43+,46+,47-,48?/m1/s1. The van der Waals surface area contributed by atoms with Gasteiger partial charge < -0.3 is 29.5 Å².